The largest absolute Gasteiger partial charge is 0.465 e. The zero-order chi connectivity index (χ0) is 10.1. The van der Waals surface area contributed by atoms with E-state index in [1.54, 1.807) is 0 Å². The Kier molecular flexibility index (Phi) is 8.10. The fourth-order valence-corrected chi connectivity index (χ4v) is 1.03. The molecule has 0 aliphatic carbocycles. The third kappa shape index (κ3) is 6.82. The number of alkyl halides is 1. The standard InChI is InChI=1S/C10H17BrO2/c1-3-4-5-6-7-13-10(12)9(2)8-11/h3,9H,1,4-8H2,2H3. The number of carbonyl (C=O) groups is 1. The van der Waals surface area contributed by atoms with Crippen molar-refractivity contribution < 1.29 is 9.53 Å². The van der Waals surface area contributed by atoms with Crippen molar-refractivity contribution in [3.8, 4) is 0 Å². The summed E-state index contributed by atoms with van der Waals surface area (Å²) < 4.78 is 5.04. The normalized spacial score (nSPS) is 12.2. The van der Waals surface area contributed by atoms with Gasteiger partial charge in [0.05, 0.1) is 12.5 Å². The summed E-state index contributed by atoms with van der Waals surface area (Å²) >= 11 is 3.24. The molecule has 0 amide bonds. The fourth-order valence-electron chi connectivity index (χ4n) is 0.769. The monoisotopic (exact) mass is 248 g/mol. The van der Waals surface area contributed by atoms with Crippen LogP contribution in [0.4, 0.5) is 0 Å². The van der Waals surface area contributed by atoms with Gasteiger partial charge < -0.3 is 4.74 Å². The van der Waals surface area contributed by atoms with E-state index in [1.807, 2.05) is 13.0 Å². The Bertz CT molecular complexity index is 157. The smallest absolute Gasteiger partial charge is 0.309 e. The summed E-state index contributed by atoms with van der Waals surface area (Å²) in [4.78, 5) is 11.1. The molecule has 0 aliphatic heterocycles. The van der Waals surface area contributed by atoms with Gasteiger partial charge in [-0.2, -0.15) is 0 Å². The van der Waals surface area contributed by atoms with Gasteiger partial charge in [-0.15, -0.1) is 6.58 Å². The number of hydrogen-bond donors (Lipinski definition) is 0. The first-order valence-electron chi connectivity index (χ1n) is 4.55. The van der Waals surface area contributed by atoms with Crippen LogP contribution >= 0.6 is 15.9 Å². The lowest BCUT2D eigenvalue weighted by molar-refractivity contribution is -0.147. The molecule has 0 aromatic rings. The van der Waals surface area contributed by atoms with Gasteiger partial charge in [0.1, 0.15) is 0 Å². The highest BCUT2D eigenvalue weighted by molar-refractivity contribution is 9.09. The molecule has 0 aromatic heterocycles. The van der Waals surface area contributed by atoms with E-state index < -0.39 is 0 Å². The van der Waals surface area contributed by atoms with Crippen LogP contribution < -0.4 is 0 Å². The second-order valence-electron chi connectivity index (χ2n) is 3.01. The van der Waals surface area contributed by atoms with Crippen LogP contribution in [-0.2, 0) is 9.53 Å². The van der Waals surface area contributed by atoms with Gasteiger partial charge in [-0.05, 0) is 19.3 Å². The second-order valence-corrected chi connectivity index (χ2v) is 3.65. The van der Waals surface area contributed by atoms with Gasteiger partial charge in [0.25, 0.3) is 0 Å². The molecule has 76 valence electrons. The molecule has 0 N–H and O–H groups in total. The van der Waals surface area contributed by atoms with Crippen molar-refractivity contribution in [2.45, 2.75) is 26.2 Å². The molecule has 3 heteroatoms. The second kappa shape index (κ2) is 8.30. The molecular weight excluding hydrogens is 232 g/mol. The molecule has 0 saturated heterocycles. The summed E-state index contributed by atoms with van der Waals surface area (Å²) in [7, 11) is 0. The van der Waals surface area contributed by atoms with E-state index in [1.165, 1.54) is 0 Å². The predicted molar refractivity (Wildman–Crippen MR) is 58.0 cm³/mol. The van der Waals surface area contributed by atoms with E-state index in [0.29, 0.717) is 11.9 Å². The highest BCUT2D eigenvalue weighted by Gasteiger charge is 2.11. The summed E-state index contributed by atoms with van der Waals surface area (Å²) in [5, 5.41) is 0.665. The van der Waals surface area contributed by atoms with Crippen molar-refractivity contribution >= 4 is 21.9 Å². The number of ether oxygens (including phenoxy) is 1. The predicted octanol–water partition coefficient (Wildman–Crippen LogP) is 2.92. The van der Waals surface area contributed by atoms with Crippen molar-refractivity contribution in [1.29, 1.82) is 0 Å². The Morgan fingerprint density at radius 1 is 1.62 bits per heavy atom. The third-order valence-electron chi connectivity index (χ3n) is 1.68. The molecule has 0 fully saturated rings. The summed E-state index contributed by atoms with van der Waals surface area (Å²) in [5.41, 5.74) is 0. The lowest BCUT2D eigenvalue weighted by Gasteiger charge is -2.07. The SMILES string of the molecule is C=CCCCCOC(=O)C(C)CBr. The highest BCUT2D eigenvalue weighted by atomic mass is 79.9. The van der Waals surface area contributed by atoms with Crippen molar-refractivity contribution in [2.75, 3.05) is 11.9 Å². The molecule has 0 spiro atoms. The maximum atomic E-state index is 11.1. The maximum Gasteiger partial charge on any atom is 0.309 e. The van der Waals surface area contributed by atoms with Crippen LogP contribution in [0.1, 0.15) is 26.2 Å². The lowest BCUT2D eigenvalue weighted by Crippen LogP contribution is -2.16. The third-order valence-corrected chi connectivity index (χ3v) is 2.65. The van der Waals surface area contributed by atoms with E-state index in [4.69, 9.17) is 4.74 Å². The molecular formula is C10H17BrO2. The molecule has 2 nitrogen and oxygen atoms in total. The maximum absolute atomic E-state index is 11.1. The van der Waals surface area contributed by atoms with Crippen LogP contribution in [0.3, 0.4) is 0 Å². The van der Waals surface area contributed by atoms with Crippen LogP contribution in [0, 0.1) is 5.92 Å². The van der Waals surface area contributed by atoms with E-state index in [0.717, 1.165) is 19.3 Å². The Morgan fingerprint density at radius 3 is 2.85 bits per heavy atom. The summed E-state index contributed by atoms with van der Waals surface area (Å²) in [6, 6.07) is 0. The summed E-state index contributed by atoms with van der Waals surface area (Å²) in [6.45, 7) is 6.00. The van der Waals surface area contributed by atoms with E-state index in [-0.39, 0.29) is 11.9 Å². The van der Waals surface area contributed by atoms with Crippen molar-refractivity contribution in [2.24, 2.45) is 5.92 Å². The van der Waals surface area contributed by atoms with E-state index >= 15 is 0 Å². The molecule has 0 saturated carbocycles. The number of rotatable bonds is 7. The molecule has 0 rings (SSSR count). The van der Waals surface area contributed by atoms with Crippen LogP contribution in [0.5, 0.6) is 0 Å². The van der Waals surface area contributed by atoms with Crippen molar-refractivity contribution in [1.82, 2.24) is 0 Å². The average molecular weight is 249 g/mol. The Balaban J connectivity index is 3.31. The summed E-state index contributed by atoms with van der Waals surface area (Å²) in [6.07, 6.45) is 4.83. The molecule has 0 bridgehead atoms. The number of hydrogen-bond acceptors (Lipinski definition) is 2. The Hall–Kier alpha value is -0.310. The minimum Gasteiger partial charge on any atom is -0.465 e. The molecule has 0 radical (unpaired) electrons. The fraction of sp³-hybridized carbons (Fsp3) is 0.700. The number of carbonyl (C=O) groups excluding carboxylic acids is 1. The molecule has 1 atom stereocenters. The summed E-state index contributed by atoms with van der Waals surface area (Å²) in [5.74, 6) is -0.158. The van der Waals surface area contributed by atoms with Gasteiger partial charge >= 0.3 is 5.97 Å². The van der Waals surface area contributed by atoms with Gasteiger partial charge in [0, 0.05) is 5.33 Å². The number of unbranched alkanes of at least 4 members (excludes halogenated alkanes) is 2. The van der Waals surface area contributed by atoms with E-state index in [2.05, 4.69) is 22.5 Å². The highest BCUT2D eigenvalue weighted by Crippen LogP contribution is 2.04. The first-order valence-corrected chi connectivity index (χ1v) is 5.68. The topological polar surface area (TPSA) is 26.3 Å². The quantitative estimate of drug-likeness (QED) is 0.300. The number of esters is 1. The molecule has 0 heterocycles. The first-order chi connectivity index (χ1) is 6.22. The molecule has 1 unspecified atom stereocenters. The van der Waals surface area contributed by atoms with Gasteiger partial charge in [-0.1, -0.05) is 28.9 Å². The van der Waals surface area contributed by atoms with Crippen LogP contribution in [0.25, 0.3) is 0 Å². The van der Waals surface area contributed by atoms with E-state index in [9.17, 15) is 4.79 Å². The molecule has 0 aromatic carbocycles. The van der Waals surface area contributed by atoms with Crippen molar-refractivity contribution in [3.05, 3.63) is 12.7 Å². The van der Waals surface area contributed by atoms with Gasteiger partial charge in [-0.25, -0.2) is 0 Å². The Labute approximate surface area is 88.5 Å². The first kappa shape index (κ1) is 12.7. The minimum atomic E-state index is -0.115. The van der Waals surface area contributed by atoms with Crippen molar-refractivity contribution in [3.63, 3.8) is 0 Å². The van der Waals surface area contributed by atoms with Gasteiger partial charge in [-0.3, -0.25) is 4.79 Å². The molecule has 0 aliphatic rings. The minimum absolute atomic E-state index is 0.0422. The molecule has 13 heavy (non-hydrogen) atoms. The zero-order valence-electron chi connectivity index (χ0n) is 8.09. The Morgan fingerprint density at radius 2 is 2.31 bits per heavy atom. The number of halogens is 1. The zero-order valence-corrected chi connectivity index (χ0v) is 9.68. The van der Waals surface area contributed by atoms with Gasteiger partial charge in [0.15, 0.2) is 0 Å². The lowest BCUT2D eigenvalue weighted by atomic mass is 10.2. The number of allylic oxidation sites excluding steroid dienone is 1. The van der Waals surface area contributed by atoms with Crippen LogP contribution in [-0.4, -0.2) is 17.9 Å². The van der Waals surface area contributed by atoms with Crippen LogP contribution in [0.2, 0.25) is 0 Å². The van der Waals surface area contributed by atoms with Crippen LogP contribution in [0.15, 0.2) is 12.7 Å². The average Bonchev–Trinajstić information content (AvgIpc) is 2.16. The van der Waals surface area contributed by atoms with Gasteiger partial charge in [0.2, 0.25) is 0 Å².